The monoisotopic (exact) mass is 521 g/mol. The number of anilines is 1. The number of unbranched alkanes of at least 4 members (excludes halogenated alkanes) is 1. The van der Waals surface area contributed by atoms with Gasteiger partial charge < -0.3 is 20.5 Å². The summed E-state index contributed by atoms with van der Waals surface area (Å²) in [5.74, 6) is -1.13. The number of nitrogens with zero attached hydrogens (tertiary/aromatic N) is 3. The number of sulfone groups is 1. The topological polar surface area (TPSA) is 146 Å². The fraction of sp³-hybridized carbons (Fsp3) is 0.542. The molecule has 0 saturated carbocycles. The highest BCUT2D eigenvalue weighted by Crippen LogP contribution is 2.27. The summed E-state index contributed by atoms with van der Waals surface area (Å²) >= 11 is 0. The first-order valence-corrected chi connectivity index (χ1v) is 14.0. The molecule has 1 aliphatic heterocycles. The minimum absolute atomic E-state index is 0.0115. The molecule has 12 heteroatoms. The van der Waals surface area contributed by atoms with Crippen LogP contribution in [-0.2, 0) is 27.5 Å². The molecular formula is C24H35N5O6S. The summed E-state index contributed by atoms with van der Waals surface area (Å²) in [5.41, 5.74) is 6.48. The molecule has 11 nitrogen and oxygen atoms in total. The third-order valence-electron chi connectivity index (χ3n) is 5.98. The van der Waals surface area contributed by atoms with Gasteiger partial charge in [0, 0.05) is 25.9 Å². The number of aromatic nitrogens is 2. The summed E-state index contributed by atoms with van der Waals surface area (Å²) in [4.78, 5) is 27.9. The number of carbonyl (C=O) groups excluding carboxylic acids is 2. The van der Waals surface area contributed by atoms with Crippen molar-refractivity contribution in [2.24, 2.45) is 5.73 Å². The van der Waals surface area contributed by atoms with E-state index in [0.29, 0.717) is 45.0 Å². The molecule has 0 spiro atoms. The van der Waals surface area contributed by atoms with E-state index >= 15 is 0 Å². The molecule has 0 aliphatic carbocycles. The highest BCUT2D eigenvalue weighted by atomic mass is 32.2. The molecule has 2 amide bonds. The molecule has 3 N–H and O–H groups in total. The van der Waals surface area contributed by atoms with E-state index < -0.39 is 21.7 Å². The van der Waals surface area contributed by atoms with Crippen LogP contribution in [0.1, 0.15) is 53.2 Å². The fourth-order valence-corrected chi connectivity index (χ4v) is 4.60. The molecule has 1 saturated heterocycles. The van der Waals surface area contributed by atoms with Gasteiger partial charge in [0.2, 0.25) is 0 Å². The average Bonchev–Trinajstić information content (AvgIpc) is 3.20. The molecule has 1 fully saturated rings. The second kappa shape index (κ2) is 12.3. The zero-order valence-corrected chi connectivity index (χ0v) is 21.9. The van der Waals surface area contributed by atoms with Gasteiger partial charge in [-0.3, -0.25) is 19.2 Å². The summed E-state index contributed by atoms with van der Waals surface area (Å²) in [7, 11) is -3.56. The lowest BCUT2D eigenvalue weighted by molar-refractivity contribution is 0.0358. The van der Waals surface area contributed by atoms with Gasteiger partial charge in [-0.15, -0.1) is 0 Å². The van der Waals surface area contributed by atoms with Gasteiger partial charge in [-0.25, -0.2) is 8.42 Å². The van der Waals surface area contributed by atoms with Gasteiger partial charge in [-0.05, 0) is 31.0 Å². The Morgan fingerprint density at radius 2 is 1.92 bits per heavy atom. The van der Waals surface area contributed by atoms with Crippen molar-refractivity contribution >= 4 is 27.3 Å². The van der Waals surface area contributed by atoms with Crippen molar-refractivity contribution in [3.63, 3.8) is 0 Å². The number of amides is 2. The molecule has 0 unspecified atom stereocenters. The van der Waals surface area contributed by atoms with Crippen molar-refractivity contribution in [2.45, 2.75) is 44.6 Å². The normalized spacial score (nSPS) is 14.5. The first-order valence-electron chi connectivity index (χ1n) is 12.1. The van der Waals surface area contributed by atoms with Crippen LogP contribution in [0.15, 0.2) is 23.1 Å². The van der Waals surface area contributed by atoms with Gasteiger partial charge in [-0.2, -0.15) is 5.10 Å². The van der Waals surface area contributed by atoms with Gasteiger partial charge >= 0.3 is 0 Å². The van der Waals surface area contributed by atoms with Gasteiger partial charge in [0.25, 0.3) is 11.8 Å². The Morgan fingerprint density at radius 3 is 2.53 bits per heavy atom. The van der Waals surface area contributed by atoms with E-state index in [4.69, 9.17) is 15.2 Å². The van der Waals surface area contributed by atoms with E-state index in [-0.39, 0.29) is 27.6 Å². The number of morpholine rings is 1. The smallest absolute Gasteiger partial charge is 0.271 e. The summed E-state index contributed by atoms with van der Waals surface area (Å²) in [6.45, 7) is 8.46. The summed E-state index contributed by atoms with van der Waals surface area (Å²) in [6.07, 6.45) is 3.23. The maximum atomic E-state index is 13.4. The van der Waals surface area contributed by atoms with Crippen molar-refractivity contribution in [3.05, 3.63) is 35.2 Å². The molecule has 2 heterocycles. The maximum Gasteiger partial charge on any atom is 0.271 e. The lowest BCUT2D eigenvalue weighted by Gasteiger charge is -2.26. The Morgan fingerprint density at radius 1 is 1.19 bits per heavy atom. The number of nitrogens with one attached hydrogen (secondary N) is 1. The van der Waals surface area contributed by atoms with Crippen LogP contribution in [0.25, 0.3) is 0 Å². The number of ether oxygens (including phenoxy) is 2. The van der Waals surface area contributed by atoms with E-state index in [1.807, 2.05) is 13.8 Å². The average molecular weight is 522 g/mol. The molecule has 0 radical (unpaired) electrons. The molecule has 1 aromatic carbocycles. The molecule has 0 bridgehead atoms. The number of nitrogens with two attached hydrogens (primary N) is 1. The standard InChI is InChI=1S/C24H35N5O6S/c1-4-6-13-35-20-8-7-17(36(3,32)33)16-18(20)24(31)26-21-19(5-2)29(27-22(21)23(25)30)10-9-28-11-14-34-15-12-28/h7-8,16H,4-6,9-15H2,1-3H3,(H2,25,30)(H,26,31). The number of primary amides is 1. The zero-order valence-electron chi connectivity index (χ0n) is 21.1. The van der Waals surface area contributed by atoms with E-state index in [1.165, 1.54) is 18.2 Å². The van der Waals surface area contributed by atoms with Crippen LogP contribution in [0, 0.1) is 0 Å². The summed E-state index contributed by atoms with van der Waals surface area (Å²) in [6, 6.07) is 4.16. The summed E-state index contributed by atoms with van der Waals surface area (Å²) < 4.78 is 37.1. The van der Waals surface area contributed by atoms with Gasteiger partial charge in [0.15, 0.2) is 15.5 Å². The molecular weight excluding hydrogens is 486 g/mol. The minimum Gasteiger partial charge on any atom is -0.493 e. The van der Waals surface area contributed by atoms with E-state index in [9.17, 15) is 18.0 Å². The minimum atomic E-state index is -3.56. The molecule has 0 atom stereocenters. The number of rotatable bonds is 12. The summed E-state index contributed by atoms with van der Waals surface area (Å²) in [5, 5.41) is 7.16. The van der Waals surface area contributed by atoms with Crippen LogP contribution in [-0.4, -0.2) is 80.6 Å². The van der Waals surface area contributed by atoms with Gasteiger partial charge in [-0.1, -0.05) is 20.3 Å². The van der Waals surface area contributed by atoms with Crippen LogP contribution in [0.4, 0.5) is 5.69 Å². The van der Waals surface area contributed by atoms with E-state index in [0.717, 1.165) is 32.2 Å². The van der Waals surface area contributed by atoms with Gasteiger partial charge in [0.05, 0.1) is 48.2 Å². The van der Waals surface area contributed by atoms with Crippen LogP contribution >= 0.6 is 0 Å². The van der Waals surface area contributed by atoms with Crippen LogP contribution in [0.5, 0.6) is 5.75 Å². The van der Waals surface area contributed by atoms with Crippen LogP contribution in [0.2, 0.25) is 0 Å². The van der Waals surface area contributed by atoms with Crippen molar-refractivity contribution in [1.29, 1.82) is 0 Å². The van der Waals surface area contributed by atoms with Crippen LogP contribution < -0.4 is 15.8 Å². The molecule has 3 rings (SSSR count). The van der Waals surface area contributed by atoms with Crippen molar-refractivity contribution < 1.29 is 27.5 Å². The number of hydrogen-bond acceptors (Lipinski definition) is 8. The Balaban J connectivity index is 1.93. The van der Waals surface area contributed by atoms with Gasteiger partial charge in [0.1, 0.15) is 5.75 Å². The highest BCUT2D eigenvalue weighted by molar-refractivity contribution is 7.90. The third kappa shape index (κ3) is 6.83. The Hall–Kier alpha value is -2.96. The SMILES string of the molecule is CCCCOc1ccc(S(C)(=O)=O)cc1C(=O)Nc1c(C(N)=O)nn(CCN2CCOCC2)c1CC. The second-order valence-corrected chi connectivity index (χ2v) is 10.7. The Kier molecular flexibility index (Phi) is 9.46. The van der Waals surface area contributed by atoms with Crippen LogP contribution in [0.3, 0.4) is 0 Å². The predicted molar refractivity (Wildman–Crippen MR) is 135 cm³/mol. The second-order valence-electron chi connectivity index (χ2n) is 8.65. The lowest BCUT2D eigenvalue weighted by Crippen LogP contribution is -2.38. The largest absolute Gasteiger partial charge is 0.493 e. The van der Waals surface area contributed by atoms with Crippen molar-refractivity contribution in [2.75, 3.05) is 51.0 Å². The Bertz CT molecular complexity index is 1190. The van der Waals surface area contributed by atoms with E-state index in [1.54, 1.807) is 4.68 Å². The Labute approximate surface area is 211 Å². The predicted octanol–water partition coefficient (Wildman–Crippen LogP) is 1.71. The van der Waals surface area contributed by atoms with E-state index in [2.05, 4.69) is 15.3 Å². The zero-order chi connectivity index (χ0) is 26.3. The maximum absolute atomic E-state index is 13.4. The van der Waals surface area contributed by atoms with Crippen molar-refractivity contribution in [3.8, 4) is 5.75 Å². The number of hydrogen-bond donors (Lipinski definition) is 2. The molecule has 198 valence electrons. The molecule has 2 aromatic rings. The van der Waals surface area contributed by atoms with Crippen molar-refractivity contribution in [1.82, 2.24) is 14.7 Å². The first kappa shape index (κ1) is 27.6. The number of carbonyl (C=O) groups is 2. The lowest BCUT2D eigenvalue weighted by atomic mass is 10.1. The number of benzene rings is 1. The highest BCUT2D eigenvalue weighted by Gasteiger charge is 2.25. The molecule has 1 aromatic heterocycles. The first-order chi connectivity index (χ1) is 17.2. The quantitative estimate of drug-likeness (QED) is 0.402. The molecule has 1 aliphatic rings. The fourth-order valence-electron chi connectivity index (χ4n) is 3.96. The molecule has 36 heavy (non-hydrogen) atoms. The third-order valence-corrected chi connectivity index (χ3v) is 7.09.